The topological polar surface area (TPSA) is 70.1 Å². The molecule has 0 saturated carbocycles. The van der Waals surface area contributed by atoms with Crippen LogP contribution in [-0.4, -0.2) is 38.4 Å². The molecule has 100 valence electrons. The van der Waals surface area contributed by atoms with E-state index in [9.17, 15) is 5.11 Å². The molecule has 18 heavy (non-hydrogen) atoms. The maximum atomic E-state index is 9.34. The minimum absolute atomic E-state index is 0.0114. The second kappa shape index (κ2) is 6.61. The smallest absolute Gasteiger partial charge is 0.167 e. The average Bonchev–Trinajstić information content (AvgIpc) is 2.27. The molecular formula is C12H20N4OS. The number of aliphatic hydroxyl groups excluding tert-OH is 1. The Morgan fingerprint density at radius 1 is 1.44 bits per heavy atom. The highest BCUT2D eigenvalue weighted by Crippen LogP contribution is 2.00. The van der Waals surface area contributed by atoms with Crippen molar-refractivity contribution in [2.24, 2.45) is 0 Å². The van der Waals surface area contributed by atoms with E-state index in [2.05, 4.69) is 20.6 Å². The van der Waals surface area contributed by atoms with Gasteiger partial charge in [-0.05, 0) is 33.0 Å². The van der Waals surface area contributed by atoms with Crippen molar-refractivity contribution in [3.05, 3.63) is 24.3 Å². The van der Waals surface area contributed by atoms with Gasteiger partial charge in [-0.2, -0.15) is 0 Å². The molecule has 1 aromatic heterocycles. The third kappa shape index (κ3) is 5.88. The number of hydrogen-bond acceptors (Lipinski definition) is 4. The molecule has 6 heteroatoms. The molecule has 5 nitrogen and oxygen atoms in total. The Kier molecular flexibility index (Phi) is 5.43. The summed E-state index contributed by atoms with van der Waals surface area (Å²) in [6, 6.07) is -0.163. The molecule has 0 amide bonds. The molecule has 1 rings (SSSR count). The molecule has 0 spiro atoms. The number of thiocarbonyl (C=S) groups is 1. The lowest BCUT2D eigenvalue weighted by molar-refractivity contribution is 0.253. The standard InChI is InChI=1S/C12H20N4OS/c1-12(2,3)16-11(18)15-10(8-17)6-9-7-13-4-5-14-9/h4-5,7,10,17H,6,8H2,1-3H3,(H2,15,16,18). The van der Waals surface area contributed by atoms with Gasteiger partial charge >= 0.3 is 0 Å². The lowest BCUT2D eigenvalue weighted by Crippen LogP contribution is -2.50. The quantitative estimate of drug-likeness (QED) is 0.696. The van der Waals surface area contributed by atoms with Gasteiger partial charge in [-0.1, -0.05) is 0 Å². The van der Waals surface area contributed by atoms with Crippen LogP contribution in [0.15, 0.2) is 18.6 Å². The first kappa shape index (κ1) is 14.8. The van der Waals surface area contributed by atoms with Gasteiger partial charge in [-0.25, -0.2) is 0 Å². The lowest BCUT2D eigenvalue weighted by atomic mass is 10.1. The van der Waals surface area contributed by atoms with Crippen LogP contribution in [0.25, 0.3) is 0 Å². The first-order chi connectivity index (χ1) is 8.40. The molecule has 1 atom stereocenters. The van der Waals surface area contributed by atoms with Crippen LogP contribution in [0.2, 0.25) is 0 Å². The van der Waals surface area contributed by atoms with E-state index in [-0.39, 0.29) is 18.2 Å². The van der Waals surface area contributed by atoms with Crippen LogP contribution >= 0.6 is 12.2 Å². The number of nitrogens with one attached hydrogen (secondary N) is 2. The molecule has 0 radical (unpaired) electrons. The second-order valence-corrected chi connectivity index (χ2v) is 5.54. The van der Waals surface area contributed by atoms with Crippen molar-refractivity contribution in [2.45, 2.75) is 38.8 Å². The van der Waals surface area contributed by atoms with Gasteiger partial charge in [0, 0.05) is 30.6 Å². The van der Waals surface area contributed by atoms with Gasteiger partial charge in [0.05, 0.1) is 18.3 Å². The summed E-state index contributed by atoms with van der Waals surface area (Å²) in [6.07, 6.45) is 5.52. The van der Waals surface area contributed by atoms with Crippen molar-refractivity contribution in [3.8, 4) is 0 Å². The lowest BCUT2D eigenvalue weighted by Gasteiger charge is -2.25. The van der Waals surface area contributed by atoms with Gasteiger partial charge in [0.25, 0.3) is 0 Å². The van der Waals surface area contributed by atoms with E-state index in [1.807, 2.05) is 20.8 Å². The SMILES string of the molecule is CC(C)(C)NC(=S)NC(CO)Cc1cnccn1. The molecule has 1 heterocycles. The highest BCUT2D eigenvalue weighted by atomic mass is 32.1. The van der Waals surface area contributed by atoms with Gasteiger partial charge in [0.1, 0.15) is 0 Å². The van der Waals surface area contributed by atoms with Crippen molar-refractivity contribution >= 4 is 17.3 Å². The van der Waals surface area contributed by atoms with Gasteiger partial charge in [0.2, 0.25) is 0 Å². The molecule has 3 N–H and O–H groups in total. The Hall–Kier alpha value is -1.27. The summed E-state index contributed by atoms with van der Waals surface area (Å²) in [5.41, 5.74) is 0.721. The summed E-state index contributed by atoms with van der Waals surface area (Å²) in [4.78, 5) is 8.16. The summed E-state index contributed by atoms with van der Waals surface area (Å²) < 4.78 is 0. The Balaban J connectivity index is 2.50. The largest absolute Gasteiger partial charge is 0.394 e. The van der Waals surface area contributed by atoms with Crippen LogP contribution in [-0.2, 0) is 6.42 Å². The zero-order chi connectivity index (χ0) is 13.6. The third-order valence-electron chi connectivity index (χ3n) is 2.12. The molecule has 0 aliphatic rings. The Morgan fingerprint density at radius 2 is 2.17 bits per heavy atom. The first-order valence-corrected chi connectivity index (χ1v) is 6.26. The van der Waals surface area contributed by atoms with E-state index in [0.717, 1.165) is 5.69 Å². The van der Waals surface area contributed by atoms with E-state index in [1.165, 1.54) is 0 Å². The number of hydrogen-bond donors (Lipinski definition) is 3. The summed E-state index contributed by atoms with van der Waals surface area (Å²) in [5.74, 6) is 0. The number of aromatic nitrogens is 2. The van der Waals surface area contributed by atoms with Crippen molar-refractivity contribution in [1.29, 1.82) is 0 Å². The predicted octanol–water partition coefficient (Wildman–Crippen LogP) is 0.643. The van der Waals surface area contributed by atoms with Crippen LogP contribution in [0.5, 0.6) is 0 Å². The molecule has 0 aliphatic heterocycles. The number of rotatable bonds is 4. The van der Waals surface area contributed by atoms with E-state index < -0.39 is 0 Å². The third-order valence-corrected chi connectivity index (χ3v) is 2.34. The molecule has 0 aromatic carbocycles. The van der Waals surface area contributed by atoms with Gasteiger partial charge < -0.3 is 15.7 Å². The minimum Gasteiger partial charge on any atom is -0.394 e. The van der Waals surface area contributed by atoms with Crippen LogP contribution in [0.3, 0.4) is 0 Å². The zero-order valence-electron chi connectivity index (χ0n) is 11.0. The van der Waals surface area contributed by atoms with Crippen LogP contribution in [0.4, 0.5) is 0 Å². The predicted molar refractivity (Wildman–Crippen MR) is 75.2 cm³/mol. The van der Waals surface area contributed by atoms with E-state index in [4.69, 9.17) is 12.2 Å². The molecular weight excluding hydrogens is 248 g/mol. The maximum Gasteiger partial charge on any atom is 0.167 e. The molecule has 1 aromatic rings. The fraction of sp³-hybridized carbons (Fsp3) is 0.583. The molecule has 1 unspecified atom stereocenters. The number of nitrogens with zero attached hydrogens (tertiary/aromatic N) is 2. The van der Waals surface area contributed by atoms with Crippen LogP contribution in [0.1, 0.15) is 26.5 Å². The van der Waals surface area contributed by atoms with Crippen LogP contribution in [0, 0.1) is 0 Å². The second-order valence-electron chi connectivity index (χ2n) is 5.13. The van der Waals surface area contributed by atoms with Gasteiger partial charge in [-0.15, -0.1) is 0 Å². The van der Waals surface area contributed by atoms with E-state index >= 15 is 0 Å². The van der Waals surface area contributed by atoms with Crippen LogP contribution < -0.4 is 10.6 Å². The molecule has 0 fully saturated rings. The molecule has 0 saturated heterocycles. The average molecular weight is 268 g/mol. The number of aliphatic hydroxyl groups is 1. The summed E-state index contributed by atoms with van der Waals surface area (Å²) in [5, 5.41) is 16.1. The molecule has 0 aliphatic carbocycles. The van der Waals surface area contributed by atoms with Crippen molar-refractivity contribution < 1.29 is 5.11 Å². The first-order valence-electron chi connectivity index (χ1n) is 5.85. The normalized spacial score (nSPS) is 12.9. The monoisotopic (exact) mass is 268 g/mol. The Bertz CT molecular complexity index is 377. The van der Waals surface area contributed by atoms with Crippen molar-refractivity contribution in [1.82, 2.24) is 20.6 Å². The van der Waals surface area contributed by atoms with E-state index in [0.29, 0.717) is 11.5 Å². The fourth-order valence-electron chi connectivity index (χ4n) is 1.41. The van der Waals surface area contributed by atoms with Gasteiger partial charge in [0.15, 0.2) is 5.11 Å². The summed E-state index contributed by atoms with van der Waals surface area (Å²) >= 11 is 5.19. The summed E-state index contributed by atoms with van der Waals surface area (Å²) in [6.45, 7) is 6.06. The maximum absolute atomic E-state index is 9.34. The Labute approximate surface area is 113 Å². The Morgan fingerprint density at radius 3 is 2.67 bits per heavy atom. The fourth-order valence-corrected chi connectivity index (χ4v) is 1.88. The molecule has 0 bridgehead atoms. The van der Waals surface area contributed by atoms with Crippen molar-refractivity contribution in [3.63, 3.8) is 0 Å². The zero-order valence-corrected chi connectivity index (χ0v) is 11.8. The minimum atomic E-state index is -0.163. The summed E-state index contributed by atoms with van der Waals surface area (Å²) in [7, 11) is 0. The van der Waals surface area contributed by atoms with Gasteiger partial charge in [-0.3, -0.25) is 9.97 Å². The highest BCUT2D eigenvalue weighted by Gasteiger charge is 2.15. The van der Waals surface area contributed by atoms with E-state index in [1.54, 1.807) is 18.6 Å². The highest BCUT2D eigenvalue weighted by molar-refractivity contribution is 7.80. The van der Waals surface area contributed by atoms with Crippen molar-refractivity contribution in [2.75, 3.05) is 6.61 Å².